The lowest BCUT2D eigenvalue weighted by Gasteiger charge is -2.16. The molecule has 1 aromatic heterocycles. The van der Waals surface area contributed by atoms with Crippen molar-refractivity contribution in [3.8, 4) is 5.69 Å². The van der Waals surface area contributed by atoms with Crippen molar-refractivity contribution >= 4 is 28.9 Å². The maximum Gasteiger partial charge on any atom is 0.292 e. The highest BCUT2D eigenvalue weighted by Crippen LogP contribution is 2.21. The monoisotopic (exact) mass is 341 g/mol. The van der Waals surface area contributed by atoms with Crippen molar-refractivity contribution < 1.29 is 5.11 Å². The van der Waals surface area contributed by atoms with Gasteiger partial charge in [0.05, 0.1) is 24.2 Å². The number of anilines is 1. The second-order valence-electron chi connectivity index (χ2n) is 4.95. The van der Waals surface area contributed by atoms with Crippen molar-refractivity contribution in [1.82, 2.24) is 9.78 Å². The first-order valence-corrected chi connectivity index (χ1v) is 7.65. The van der Waals surface area contributed by atoms with Gasteiger partial charge in [0.1, 0.15) is 5.02 Å². The standard InChI is InChI=1S/C15H17Cl2N3O2/c1-3-10(8-21)19-13-7-18-20(15(22)14(13)17)11-5-4-9(2)12(16)6-11/h4-7,10,19,21H,3,8H2,1-2H3/t10-/m1/s1. The van der Waals surface area contributed by atoms with Gasteiger partial charge in [0.15, 0.2) is 0 Å². The molecule has 0 amide bonds. The maximum atomic E-state index is 12.4. The molecule has 22 heavy (non-hydrogen) atoms. The summed E-state index contributed by atoms with van der Waals surface area (Å²) in [6.07, 6.45) is 2.17. The topological polar surface area (TPSA) is 67.2 Å². The predicted octanol–water partition coefficient (Wildman–Crippen LogP) is 3.03. The Morgan fingerprint density at radius 3 is 2.73 bits per heavy atom. The first-order chi connectivity index (χ1) is 10.5. The lowest BCUT2D eigenvalue weighted by atomic mass is 10.2. The van der Waals surface area contributed by atoms with Crippen molar-refractivity contribution in [3.05, 3.63) is 50.4 Å². The van der Waals surface area contributed by atoms with Crippen LogP contribution in [0.1, 0.15) is 18.9 Å². The van der Waals surface area contributed by atoms with Crippen LogP contribution in [0, 0.1) is 6.92 Å². The minimum absolute atomic E-state index is 0.0265. The molecular weight excluding hydrogens is 325 g/mol. The predicted molar refractivity (Wildman–Crippen MR) is 89.4 cm³/mol. The fourth-order valence-corrected chi connectivity index (χ4v) is 2.29. The van der Waals surface area contributed by atoms with Crippen LogP contribution >= 0.6 is 23.2 Å². The van der Waals surface area contributed by atoms with Crippen molar-refractivity contribution in [2.24, 2.45) is 0 Å². The molecule has 5 nitrogen and oxygen atoms in total. The van der Waals surface area contributed by atoms with Crippen molar-refractivity contribution in [2.75, 3.05) is 11.9 Å². The van der Waals surface area contributed by atoms with E-state index in [2.05, 4.69) is 10.4 Å². The van der Waals surface area contributed by atoms with Crippen LogP contribution in [0.3, 0.4) is 0 Å². The molecule has 0 bridgehead atoms. The van der Waals surface area contributed by atoms with E-state index in [1.54, 1.807) is 12.1 Å². The molecule has 2 rings (SSSR count). The third-order valence-corrected chi connectivity index (χ3v) is 4.16. The minimum Gasteiger partial charge on any atom is -0.394 e. The van der Waals surface area contributed by atoms with Gasteiger partial charge in [0, 0.05) is 11.1 Å². The fourth-order valence-electron chi connectivity index (χ4n) is 1.93. The van der Waals surface area contributed by atoms with Crippen LogP contribution in [0.25, 0.3) is 5.69 Å². The molecule has 0 spiro atoms. The molecule has 0 aliphatic heterocycles. The molecule has 0 aliphatic carbocycles. The molecule has 1 atom stereocenters. The number of nitrogens with zero attached hydrogens (tertiary/aromatic N) is 2. The summed E-state index contributed by atoms with van der Waals surface area (Å²) in [4.78, 5) is 12.4. The summed E-state index contributed by atoms with van der Waals surface area (Å²) in [6.45, 7) is 3.75. The molecule has 0 unspecified atom stereocenters. The number of halogens is 2. The highest BCUT2D eigenvalue weighted by molar-refractivity contribution is 6.33. The Balaban J connectivity index is 2.42. The Morgan fingerprint density at radius 2 is 2.14 bits per heavy atom. The van der Waals surface area contributed by atoms with Crippen LogP contribution in [0.15, 0.2) is 29.2 Å². The number of rotatable bonds is 5. The third-order valence-electron chi connectivity index (χ3n) is 3.39. The first kappa shape index (κ1) is 16.8. The second-order valence-corrected chi connectivity index (χ2v) is 5.74. The first-order valence-electron chi connectivity index (χ1n) is 6.89. The second kappa shape index (κ2) is 7.13. The van der Waals surface area contributed by atoms with E-state index in [9.17, 15) is 9.90 Å². The van der Waals surface area contributed by atoms with Gasteiger partial charge in [-0.1, -0.05) is 36.2 Å². The van der Waals surface area contributed by atoms with Crippen LogP contribution < -0.4 is 10.9 Å². The van der Waals surface area contributed by atoms with E-state index >= 15 is 0 Å². The Bertz CT molecular complexity index is 727. The molecule has 0 radical (unpaired) electrons. The zero-order valence-electron chi connectivity index (χ0n) is 12.3. The minimum atomic E-state index is -0.445. The summed E-state index contributed by atoms with van der Waals surface area (Å²) in [5.41, 5.74) is 1.42. The summed E-state index contributed by atoms with van der Waals surface area (Å²) >= 11 is 12.2. The van der Waals surface area contributed by atoms with Gasteiger partial charge < -0.3 is 10.4 Å². The number of aliphatic hydroxyl groups excluding tert-OH is 1. The average molecular weight is 342 g/mol. The van der Waals surface area contributed by atoms with E-state index in [0.717, 1.165) is 5.56 Å². The van der Waals surface area contributed by atoms with Gasteiger partial charge in [-0.3, -0.25) is 4.79 Å². The summed E-state index contributed by atoms with van der Waals surface area (Å²) in [5, 5.41) is 16.9. The summed E-state index contributed by atoms with van der Waals surface area (Å²) in [7, 11) is 0. The van der Waals surface area contributed by atoms with Crippen LogP contribution in [0.4, 0.5) is 5.69 Å². The molecule has 7 heteroatoms. The summed E-state index contributed by atoms with van der Waals surface area (Å²) in [5.74, 6) is 0. The quantitative estimate of drug-likeness (QED) is 0.877. The van der Waals surface area contributed by atoms with Crippen LogP contribution in [0.2, 0.25) is 10.0 Å². The van der Waals surface area contributed by atoms with Gasteiger partial charge in [-0.25, -0.2) is 0 Å². The molecule has 0 saturated heterocycles. The molecule has 1 heterocycles. The average Bonchev–Trinajstić information content (AvgIpc) is 2.52. The fraction of sp³-hybridized carbons (Fsp3) is 0.333. The van der Waals surface area contributed by atoms with Gasteiger partial charge in [-0.05, 0) is 31.0 Å². The lowest BCUT2D eigenvalue weighted by molar-refractivity contribution is 0.272. The van der Waals surface area contributed by atoms with Crippen molar-refractivity contribution in [2.45, 2.75) is 26.3 Å². The highest BCUT2D eigenvalue weighted by Gasteiger charge is 2.14. The molecular formula is C15H17Cl2N3O2. The molecule has 0 fully saturated rings. The molecule has 118 valence electrons. The SMILES string of the molecule is CC[C@H](CO)Nc1cnn(-c2ccc(C)c(Cl)c2)c(=O)c1Cl. The molecule has 2 aromatic rings. The smallest absolute Gasteiger partial charge is 0.292 e. The Hall–Kier alpha value is -1.56. The maximum absolute atomic E-state index is 12.4. The van der Waals surface area contributed by atoms with Crippen LogP contribution in [-0.2, 0) is 0 Å². The van der Waals surface area contributed by atoms with E-state index in [0.29, 0.717) is 22.8 Å². The van der Waals surface area contributed by atoms with E-state index < -0.39 is 5.56 Å². The van der Waals surface area contributed by atoms with E-state index in [-0.39, 0.29) is 17.7 Å². The van der Waals surface area contributed by atoms with E-state index in [1.165, 1.54) is 10.9 Å². The van der Waals surface area contributed by atoms with Gasteiger partial charge in [0.25, 0.3) is 5.56 Å². The van der Waals surface area contributed by atoms with Gasteiger partial charge in [-0.2, -0.15) is 9.78 Å². The van der Waals surface area contributed by atoms with Crippen molar-refractivity contribution in [1.29, 1.82) is 0 Å². The molecule has 2 N–H and O–H groups in total. The largest absolute Gasteiger partial charge is 0.394 e. The molecule has 0 saturated carbocycles. The Morgan fingerprint density at radius 1 is 1.41 bits per heavy atom. The number of benzene rings is 1. The molecule has 1 aromatic carbocycles. The zero-order valence-corrected chi connectivity index (χ0v) is 13.8. The number of hydrogen-bond donors (Lipinski definition) is 2. The normalized spacial score (nSPS) is 12.2. The number of aromatic nitrogens is 2. The van der Waals surface area contributed by atoms with Gasteiger partial charge in [0.2, 0.25) is 0 Å². The van der Waals surface area contributed by atoms with Gasteiger partial charge >= 0.3 is 0 Å². The number of aliphatic hydroxyl groups is 1. The van der Waals surface area contributed by atoms with Gasteiger partial charge in [-0.15, -0.1) is 0 Å². The van der Waals surface area contributed by atoms with Crippen LogP contribution in [-0.4, -0.2) is 27.5 Å². The van der Waals surface area contributed by atoms with E-state index in [4.69, 9.17) is 23.2 Å². The van der Waals surface area contributed by atoms with E-state index in [1.807, 2.05) is 19.9 Å². The summed E-state index contributed by atoms with van der Waals surface area (Å²) < 4.78 is 1.19. The number of nitrogens with one attached hydrogen (secondary N) is 1. The lowest BCUT2D eigenvalue weighted by Crippen LogP contribution is -2.27. The molecule has 0 aliphatic rings. The van der Waals surface area contributed by atoms with Crippen LogP contribution in [0.5, 0.6) is 0 Å². The zero-order chi connectivity index (χ0) is 16.3. The Kier molecular flexibility index (Phi) is 5.45. The third kappa shape index (κ3) is 3.43. The number of hydrogen-bond acceptors (Lipinski definition) is 4. The number of aryl methyl sites for hydroxylation is 1. The highest BCUT2D eigenvalue weighted by atomic mass is 35.5. The summed E-state index contributed by atoms with van der Waals surface area (Å²) in [6, 6.07) is 5.05. The Labute approximate surface area is 138 Å². The van der Waals surface area contributed by atoms with Crippen molar-refractivity contribution in [3.63, 3.8) is 0 Å².